The number of ether oxygens (including phenoxy) is 4. The number of benzene rings is 1. The second-order valence-corrected chi connectivity index (χ2v) is 13.3. The van der Waals surface area contributed by atoms with Gasteiger partial charge in [0.15, 0.2) is 11.5 Å². The van der Waals surface area contributed by atoms with E-state index in [4.69, 9.17) is 18.9 Å². The molecule has 0 saturated heterocycles. The van der Waals surface area contributed by atoms with Gasteiger partial charge in [0.1, 0.15) is 18.2 Å². The van der Waals surface area contributed by atoms with E-state index in [-0.39, 0.29) is 54.2 Å². The fourth-order valence-electron chi connectivity index (χ4n) is 4.37. The second kappa shape index (κ2) is 15.2. The third kappa shape index (κ3) is 13.9. The van der Waals surface area contributed by atoms with Crippen molar-refractivity contribution in [2.75, 3.05) is 6.54 Å². The lowest BCUT2D eigenvalue weighted by Gasteiger charge is -2.23. The highest BCUT2D eigenvalue weighted by Gasteiger charge is 2.25. The summed E-state index contributed by atoms with van der Waals surface area (Å²) in [6.45, 7) is 13.2. The topological polar surface area (TPSA) is 137 Å². The first-order chi connectivity index (χ1) is 19.0. The number of carboxylic acids is 1. The molecule has 0 aliphatic heterocycles. The second-order valence-electron chi connectivity index (χ2n) is 13.3. The third-order valence-electron chi connectivity index (χ3n) is 6.31. The first-order valence-corrected chi connectivity index (χ1v) is 14.4. The molecule has 1 unspecified atom stereocenters. The van der Waals surface area contributed by atoms with Crippen molar-refractivity contribution in [1.82, 2.24) is 5.32 Å². The van der Waals surface area contributed by atoms with E-state index in [0.29, 0.717) is 5.56 Å². The molecule has 1 aliphatic rings. The minimum atomic E-state index is -1.10. The Kier molecular flexibility index (Phi) is 12.6. The summed E-state index contributed by atoms with van der Waals surface area (Å²) in [6, 6.07) is 3.61. The number of nitrogens with one attached hydrogen (secondary N) is 1. The summed E-state index contributed by atoms with van der Waals surface area (Å²) in [6.07, 6.45) is 3.65. The van der Waals surface area contributed by atoms with Crippen molar-refractivity contribution in [2.24, 2.45) is 10.8 Å². The molecule has 2 rings (SSSR count). The van der Waals surface area contributed by atoms with Crippen molar-refractivity contribution in [3.05, 3.63) is 23.8 Å². The molecule has 1 aliphatic carbocycles. The van der Waals surface area contributed by atoms with Crippen LogP contribution >= 0.6 is 0 Å². The van der Waals surface area contributed by atoms with Gasteiger partial charge in [-0.1, -0.05) is 54.0 Å². The molecule has 10 nitrogen and oxygen atoms in total. The van der Waals surface area contributed by atoms with Gasteiger partial charge < -0.3 is 29.4 Å². The summed E-state index contributed by atoms with van der Waals surface area (Å²) >= 11 is 0. The van der Waals surface area contributed by atoms with Gasteiger partial charge in [0.25, 0.3) is 0 Å². The van der Waals surface area contributed by atoms with E-state index in [1.807, 2.05) is 41.5 Å². The number of hydrogen-bond acceptors (Lipinski definition) is 9. The normalized spacial score (nSPS) is 15.9. The average Bonchev–Trinajstić information content (AvgIpc) is 2.81. The zero-order valence-electron chi connectivity index (χ0n) is 25.5. The Morgan fingerprint density at radius 1 is 0.902 bits per heavy atom. The van der Waals surface area contributed by atoms with Crippen LogP contribution in [-0.2, 0) is 30.3 Å². The van der Waals surface area contributed by atoms with Gasteiger partial charge in [0, 0.05) is 6.54 Å². The molecule has 0 bridgehead atoms. The summed E-state index contributed by atoms with van der Waals surface area (Å²) in [5.41, 5.74) is -0.0737. The highest BCUT2D eigenvalue weighted by atomic mass is 16.7. The standard InChI is InChI=1S/C31H47NO9/c1-20(38-29(37)39-22-11-9-8-10-12-22)19-32-23(28(35)36)15-21-13-14-24(40-26(33)17-30(2,3)4)25(16-21)41-27(34)18-31(5,6)7/h13-14,16,20,22-23,32H,8-12,15,17-19H2,1-7H3,(H,35,36)/t20?,23-/m0/s1. The van der Waals surface area contributed by atoms with Crippen molar-refractivity contribution in [1.29, 1.82) is 0 Å². The van der Waals surface area contributed by atoms with E-state index in [1.165, 1.54) is 12.1 Å². The summed E-state index contributed by atoms with van der Waals surface area (Å²) in [5, 5.41) is 12.7. The van der Waals surface area contributed by atoms with E-state index in [1.54, 1.807) is 13.0 Å². The van der Waals surface area contributed by atoms with E-state index in [9.17, 15) is 24.3 Å². The number of hydrogen-bond donors (Lipinski definition) is 2. The Balaban J connectivity index is 2.08. The summed E-state index contributed by atoms with van der Waals surface area (Å²) < 4.78 is 21.8. The van der Waals surface area contributed by atoms with Crippen molar-refractivity contribution in [2.45, 2.75) is 118 Å². The van der Waals surface area contributed by atoms with Gasteiger partial charge in [-0.15, -0.1) is 0 Å². The number of rotatable bonds is 12. The molecule has 1 aromatic carbocycles. The van der Waals surface area contributed by atoms with Gasteiger partial charge in [-0.3, -0.25) is 14.4 Å². The molecule has 2 N–H and O–H groups in total. The van der Waals surface area contributed by atoms with Crippen LogP contribution in [0.2, 0.25) is 0 Å². The monoisotopic (exact) mass is 577 g/mol. The predicted octanol–water partition coefficient (Wildman–Crippen LogP) is 5.83. The van der Waals surface area contributed by atoms with Crippen LogP contribution in [0.25, 0.3) is 0 Å². The molecular formula is C31H47NO9. The molecule has 0 amide bonds. The molecule has 41 heavy (non-hydrogen) atoms. The molecule has 1 fully saturated rings. The molecule has 0 spiro atoms. The average molecular weight is 578 g/mol. The minimum Gasteiger partial charge on any atom is -0.480 e. The van der Waals surface area contributed by atoms with Crippen molar-refractivity contribution < 1.29 is 43.2 Å². The number of esters is 2. The number of aliphatic carboxylic acids is 1. The van der Waals surface area contributed by atoms with Crippen molar-refractivity contribution >= 4 is 24.1 Å². The quantitative estimate of drug-likeness (QED) is 0.230. The van der Waals surface area contributed by atoms with Gasteiger partial charge in [0.05, 0.1) is 12.8 Å². The van der Waals surface area contributed by atoms with Gasteiger partial charge in [-0.05, 0) is 67.6 Å². The van der Waals surface area contributed by atoms with Gasteiger partial charge in [-0.2, -0.15) is 0 Å². The fourth-order valence-corrected chi connectivity index (χ4v) is 4.37. The van der Waals surface area contributed by atoms with Crippen LogP contribution in [0.4, 0.5) is 4.79 Å². The molecule has 10 heteroatoms. The lowest BCUT2D eigenvalue weighted by Crippen LogP contribution is -2.43. The number of carboxylic acid groups (broad SMARTS) is 1. The summed E-state index contributed by atoms with van der Waals surface area (Å²) in [7, 11) is 0. The Morgan fingerprint density at radius 2 is 1.46 bits per heavy atom. The maximum absolute atomic E-state index is 12.6. The van der Waals surface area contributed by atoms with Gasteiger partial charge in [0.2, 0.25) is 0 Å². The number of carbonyl (C=O) groups is 4. The van der Waals surface area contributed by atoms with E-state index < -0.39 is 36.2 Å². The highest BCUT2D eigenvalue weighted by Crippen LogP contribution is 2.32. The summed E-state index contributed by atoms with van der Waals surface area (Å²) in [4.78, 5) is 49.2. The molecule has 1 aromatic rings. The van der Waals surface area contributed by atoms with Crippen LogP contribution in [0.15, 0.2) is 18.2 Å². The first kappa shape index (κ1) is 34.1. The Morgan fingerprint density at radius 3 is 2.00 bits per heavy atom. The molecule has 0 aromatic heterocycles. The van der Waals surface area contributed by atoms with Gasteiger partial charge in [-0.25, -0.2) is 4.79 Å². The lowest BCUT2D eigenvalue weighted by molar-refractivity contribution is -0.139. The van der Waals surface area contributed by atoms with E-state index in [0.717, 1.165) is 32.1 Å². The minimum absolute atomic E-state index is 0.0363. The Bertz CT molecular complexity index is 1050. The third-order valence-corrected chi connectivity index (χ3v) is 6.31. The molecule has 0 radical (unpaired) electrons. The smallest absolute Gasteiger partial charge is 0.480 e. The number of carbonyl (C=O) groups excluding carboxylic acids is 3. The Labute approximate surface area is 243 Å². The predicted molar refractivity (Wildman–Crippen MR) is 153 cm³/mol. The maximum atomic E-state index is 12.6. The first-order valence-electron chi connectivity index (χ1n) is 14.4. The van der Waals surface area contributed by atoms with Crippen LogP contribution in [0, 0.1) is 10.8 Å². The van der Waals surface area contributed by atoms with Crippen LogP contribution < -0.4 is 14.8 Å². The SMILES string of the molecule is CC(CN[C@@H](Cc1ccc(OC(=O)CC(C)(C)C)c(OC(=O)CC(C)(C)C)c1)C(=O)O)OC(=O)OC1CCCCC1. The molecule has 0 heterocycles. The maximum Gasteiger partial charge on any atom is 0.508 e. The molecule has 230 valence electrons. The molecular weight excluding hydrogens is 530 g/mol. The largest absolute Gasteiger partial charge is 0.508 e. The lowest BCUT2D eigenvalue weighted by atomic mass is 9.92. The fraction of sp³-hybridized carbons (Fsp3) is 0.677. The van der Waals surface area contributed by atoms with Crippen LogP contribution in [-0.4, -0.2) is 54.0 Å². The van der Waals surface area contributed by atoms with Crippen LogP contribution in [0.3, 0.4) is 0 Å². The van der Waals surface area contributed by atoms with E-state index >= 15 is 0 Å². The van der Waals surface area contributed by atoms with Gasteiger partial charge >= 0.3 is 24.1 Å². The van der Waals surface area contributed by atoms with Crippen molar-refractivity contribution in [3.63, 3.8) is 0 Å². The molecule has 2 atom stereocenters. The molecule has 1 saturated carbocycles. The highest BCUT2D eigenvalue weighted by molar-refractivity contribution is 5.77. The Hall–Kier alpha value is -3.14. The van der Waals surface area contributed by atoms with E-state index in [2.05, 4.69) is 5.32 Å². The summed E-state index contributed by atoms with van der Waals surface area (Å²) in [5.74, 6) is -1.94. The van der Waals surface area contributed by atoms with Crippen molar-refractivity contribution in [3.8, 4) is 11.5 Å². The van der Waals surface area contributed by atoms with Crippen LogP contribution in [0.5, 0.6) is 11.5 Å². The zero-order chi connectivity index (χ0) is 30.8. The zero-order valence-corrected chi connectivity index (χ0v) is 25.5. The van der Waals surface area contributed by atoms with Crippen LogP contribution in [0.1, 0.15) is 99.0 Å².